The van der Waals surface area contributed by atoms with Gasteiger partial charge in [-0.05, 0) is 12.5 Å². The van der Waals surface area contributed by atoms with Gasteiger partial charge in [-0.25, -0.2) is 0 Å². The first kappa shape index (κ1) is 9.95. The Morgan fingerprint density at radius 1 is 1.55 bits per heavy atom. The molecule has 2 nitrogen and oxygen atoms in total. The zero-order valence-electron chi connectivity index (χ0n) is 7.54. The third-order valence-electron chi connectivity index (χ3n) is 1.18. The van der Waals surface area contributed by atoms with Gasteiger partial charge in [-0.15, -0.1) is 0 Å². The van der Waals surface area contributed by atoms with E-state index in [0.717, 1.165) is 12.1 Å². The van der Waals surface area contributed by atoms with Gasteiger partial charge in [0.2, 0.25) is 0 Å². The molecule has 0 spiro atoms. The summed E-state index contributed by atoms with van der Waals surface area (Å²) >= 11 is 0. The molecule has 0 unspecified atom stereocenters. The van der Waals surface area contributed by atoms with Crippen LogP contribution in [0.2, 0.25) is 0 Å². The quantitative estimate of drug-likeness (QED) is 0.563. The summed E-state index contributed by atoms with van der Waals surface area (Å²) in [5, 5.41) is 0. The van der Waals surface area contributed by atoms with E-state index in [4.69, 9.17) is 0 Å². The Morgan fingerprint density at radius 2 is 2.18 bits per heavy atom. The fourth-order valence-corrected chi connectivity index (χ4v) is 0.605. The first-order valence-electron chi connectivity index (χ1n) is 3.73. The molecule has 11 heavy (non-hydrogen) atoms. The number of allylic oxidation sites excluding steroid dienone is 1. The molecule has 0 aliphatic carbocycles. The van der Waals surface area contributed by atoms with Gasteiger partial charge in [-0.2, -0.15) is 0 Å². The topological polar surface area (TPSA) is 15.6 Å². The molecular weight excluding hydrogens is 136 g/mol. The van der Waals surface area contributed by atoms with Crippen LogP contribution in [0.5, 0.6) is 0 Å². The summed E-state index contributed by atoms with van der Waals surface area (Å²) in [7, 11) is 3.97. The Labute approximate surface area is 68.9 Å². The van der Waals surface area contributed by atoms with Gasteiger partial charge in [-0.1, -0.05) is 13.5 Å². The van der Waals surface area contributed by atoms with Crippen LogP contribution in [0.3, 0.4) is 0 Å². The Morgan fingerprint density at radius 3 is 2.55 bits per heavy atom. The van der Waals surface area contributed by atoms with Crippen molar-refractivity contribution in [1.82, 2.24) is 4.90 Å². The van der Waals surface area contributed by atoms with Crippen LogP contribution in [0.1, 0.15) is 13.3 Å². The maximum atomic E-state index is 4.08. The molecule has 0 heterocycles. The zero-order valence-corrected chi connectivity index (χ0v) is 7.54. The van der Waals surface area contributed by atoms with E-state index in [1.807, 2.05) is 31.3 Å². The molecule has 0 aromatic heterocycles. The first-order valence-corrected chi connectivity index (χ1v) is 3.73. The van der Waals surface area contributed by atoms with Gasteiger partial charge in [0.05, 0.1) is 0 Å². The lowest BCUT2D eigenvalue weighted by Gasteiger charge is -2.02. The average molecular weight is 152 g/mol. The summed E-state index contributed by atoms with van der Waals surface area (Å²) in [6.45, 7) is 5.61. The standard InChI is InChI=1S/C9H16N2/c1-5-9(10-6-2)7-8-11(3)4/h6-8H,2,5H2,1,3-4H3/b8-7+,10-9+. The lowest BCUT2D eigenvalue weighted by Crippen LogP contribution is -2.02. The second-order valence-corrected chi connectivity index (χ2v) is 2.44. The smallest absolute Gasteiger partial charge is 0.0415 e. The molecule has 2 heteroatoms. The maximum Gasteiger partial charge on any atom is 0.0415 e. The minimum absolute atomic E-state index is 0.941. The number of rotatable bonds is 4. The van der Waals surface area contributed by atoms with E-state index in [-0.39, 0.29) is 0 Å². The Bertz CT molecular complexity index is 166. The normalized spacial score (nSPS) is 12.1. The van der Waals surface area contributed by atoms with Crippen molar-refractivity contribution in [3.05, 3.63) is 25.1 Å². The highest BCUT2D eigenvalue weighted by atomic mass is 15.0. The van der Waals surface area contributed by atoms with Gasteiger partial charge in [-0.3, -0.25) is 4.99 Å². The third kappa shape index (κ3) is 5.40. The average Bonchev–Trinajstić information content (AvgIpc) is 1.97. The molecule has 0 aromatic carbocycles. The van der Waals surface area contributed by atoms with Crippen molar-refractivity contribution in [3.63, 3.8) is 0 Å². The van der Waals surface area contributed by atoms with Crippen molar-refractivity contribution < 1.29 is 0 Å². The van der Waals surface area contributed by atoms with E-state index < -0.39 is 0 Å². The van der Waals surface area contributed by atoms with Crippen LogP contribution in [0.4, 0.5) is 0 Å². The van der Waals surface area contributed by atoms with Gasteiger partial charge < -0.3 is 4.90 Å². The van der Waals surface area contributed by atoms with E-state index in [2.05, 4.69) is 18.5 Å². The number of hydrogen-bond donors (Lipinski definition) is 0. The van der Waals surface area contributed by atoms with Gasteiger partial charge in [0, 0.05) is 32.2 Å². The van der Waals surface area contributed by atoms with Crippen molar-refractivity contribution in [3.8, 4) is 0 Å². The monoisotopic (exact) mass is 152 g/mol. The highest BCUT2D eigenvalue weighted by Gasteiger charge is 1.86. The van der Waals surface area contributed by atoms with Crippen LogP contribution in [0.15, 0.2) is 30.0 Å². The molecule has 0 N–H and O–H groups in total. The molecule has 0 atom stereocenters. The highest BCUT2D eigenvalue weighted by molar-refractivity contribution is 5.94. The van der Waals surface area contributed by atoms with Crippen LogP contribution in [-0.4, -0.2) is 24.7 Å². The van der Waals surface area contributed by atoms with Crippen LogP contribution >= 0.6 is 0 Å². The third-order valence-corrected chi connectivity index (χ3v) is 1.18. The van der Waals surface area contributed by atoms with E-state index in [0.29, 0.717) is 0 Å². The minimum atomic E-state index is 0.941. The number of hydrogen-bond acceptors (Lipinski definition) is 2. The van der Waals surface area contributed by atoms with Gasteiger partial charge >= 0.3 is 0 Å². The number of aliphatic imine (C=N–C) groups is 1. The highest BCUT2D eigenvalue weighted by Crippen LogP contribution is 1.90. The molecule has 0 fully saturated rings. The first-order chi connectivity index (χ1) is 5.20. The maximum absolute atomic E-state index is 4.08. The van der Waals surface area contributed by atoms with Crippen molar-refractivity contribution >= 4 is 5.71 Å². The second-order valence-electron chi connectivity index (χ2n) is 2.44. The van der Waals surface area contributed by atoms with Crippen molar-refractivity contribution in [2.24, 2.45) is 4.99 Å². The summed E-state index contributed by atoms with van der Waals surface area (Å²) in [5.74, 6) is 0. The molecule has 0 saturated carbocycles. The molecule has 0 rings (SSSR count). The predicted octanol–water partition coefficient (Wildman–Crippen LogP) is 2.06. The van der Waals surface area contributed by atoms with Crippen LogP contribution in [0.25, 0.3) is 0 Å². The molecule has 62 valence electrons. The molecule has 0 amide bonds. The summed E-state index contributed by atoms with van der Waals surface area (Å²) in [6, 6.07) is 0. The molecule has 0 aliphatic heterocycles. The van der Waals surface area contributed by atoms with Crippen molar-refractivity contribution in [2.45, 2.75) is 13.3 Å². The molecule has 0 radical (unpaired) electrons. The largest absolute Gasteiger partial charge is 0.383 e. The van der Waals surface area contributed by atoms with E-state index in [9.17, 15) is 0 Å². The lowest BCUT2D eigenvalue weighted by molar-refractivity contribution is 0.564. The van der Waals surface area contributed by atoms with Gasteiger partial charge in [0.1, 0.15) is 0 Å². The fourth-order valence-electron chi connectivity index (χ4n) is 0.605. The second kappa shape index (κ2) is 5.71. The summed E-state index contributed by atoms with van der Waals surface area (Å²) in [4.78, 5) is 6.06. The van der Waals surface area contributed by atoms with Crippen molar-refractivity contribution in [2.75, 3.05) is 14.1 Å². The molecular formula is C9H16N2. The Kier molecular flexibility index (Phi) is 5.17. The summed E-state index contributed by atoms with van der Waals surface area (Å²) in [6.07, 6.45) is 6.47. The van der Waals surface area contributed by atoms with Gasteiger partial charge in [0.15, 0.2) is 0 Å². The SMILES string of the molecule is C=C/N=C(/C=C/N(C)C)CC. The van der Waals surface area contributed by atoms with E-state index in [1.165, 1.54) is 0 Å². The summed E-state index contributed by atoms with van der Waals surface area (Å²) < 4.78 is 0. The van der Waals surface area contributed by atoms with Crippen LogP contribution in [-0.2, 0) is 0 Å². The predicted molar refractivity (Wildman–Crippen MR) is 50.8 cm³/mol. The van der Waals surface area contributed by atoms with Crippen LogP contribution < -0.4 is 0 Å². The van der Waals surface area contributed by atoms with Crippen molar-refractivity contribution in [1.29, 1.82) is 0 Å². The fraction of sp³-hybridized carbons (Fsp3) is 0.444. The van der Waals surface area contributed by atoms with E-state index in [1.54, 1.807) is 6.20 Å². The van der Waals surface area contributed by atoms with Gasteiger partial charge in [0.25, 0.3) is 0 Å². The summed E-state index contributed by atoms with van der Waals surface area (Å²) in [5.41, 5.74) is 1.05. The Balaban J connectivity index is 4.07. The molecule has 0 bridgehead atoms. The van der Waals surface area contributed by atoms with Crippen LogP contribution in [0, 0.1) is 0 Å². The zero-order chi connectivity index (χ0) is 8.69. The molecule has 0 aliphatic rings. The van der Waals surface area contributed by atoms with E-state index >= 15 is 0 Å². The lowest BCUT2D eigenvalue weighted by atomic mass is 10.3. The molecule has 0 saturated heterocycles. The number of nitrogens with zero attached hydrogens (tertiary/aromatic N) is 2. The Hall–Kier alpha value is -1.05. The minimum Gasteiger partial charge on any atom is -0.383 e. The molecule has 0 aromatic rings.